The fraction of sp³-hybridized carbons (Fsp3) is 0.0652. The number of rotatable bonds is 5. The molecule has 2 heterocycles. The molecule has 49 heavy (non-hydrogen) atoms. The third kappa shape index (κ3) is 4.94. The van der Waals surface area contributed by atoms with Gasteiger partial charge in [0.15, 0.2) is 5.82 Å². The van der Waals surface area contributed by atoms with Crippen LogP contribution in [0.5, 0.6) is 0 Å². The van der Waals surface area contributed by atoms with E-state index in [2.05, 4.69) is 152 Å². The van der Waals surface area contributed by atoms with Gasteiger partial charge in [0.2, 0.25) is 0 Å². The molecule has 0 radical (unpaired) electrons. The fourth-order valence-corrected chi connectivity index (χ4v) is 7.57. The van der Waals surface area contributed by atoms with Crippen molar-refractivity contribution < 1.29 is 0 Å². The molecule has 1 aliphatic carbocycles. The van der Waals surface area contributed by atoms with Gasteiger partial charge in [0.05, 0.1) is 11.4 Å². The lowest BCUT2D eigenvalue weighted by molar-refractivity contribution is 0.666. The Morgan fingerprint density at radius 3 is 1.98 bits per heavy atom. The average Bonchev–Trinajstić information content (AvgIpc) is 3.42. The molecule has 1 aliphatic rings. The van der Waals surface area contributed by atoms with Gasteiger partial charge in [-0.2, -0.15) is 0 Å². The molecule has 2 aromatic heterocycles. The Bertz CT molecular complexity index is 2500. The van der Waals surface area contributed by atoms with Gasteiger partial charge in [-0.15, -0.1) is 0 Å². The van der Waals surface area contributed by atoms with Crippen molar-refractivity contribution in [2.24, 2.45) is 0 Å². The first-order chi connectivity index (χ1) is 24.0. The second kappa shape index (κ2) is 11.5. The zero-order chi connectivity index (χ0) is 33.0. The Morgan fingerprint density at radius 2 is 1.16 bits per heavy atom. The standard InChI is InChI=1S/C46H33N3/c1-46(2)40-19-9-18-37(43(40)39-25-24-31-13-6-7-17-38(31)44(39)46)32-20-22-33(23-21-32)41-28-42(36-16-10-26-47-29-36)49-45(48-41)35-15-8-14-34(27-35)30-11-4-3-5-12-30/h3-29H,1-2H3. The molecule has 6 aromatic carbocycles. The second-order valence-corrected chi connectivity index (χ2v) is 13.3. The molecule has 3 heteroatoms. The molecule has 0 saturated heterocycles. The van der Waals surface area contributed by atoms with Crippen LogP contribution in [0.4, 0.5) is 0 Å². The topological polar surface area (TPSA) is 38.7 Å². The summed E-state index contributed by atoms with van der Waals surface area (Å²) in [6.45, 7) is 4.72. The van der Waals surface area contributed by atoms with Crippen LogP contribution < -0.4 is 0 Å². The summed E-state index contributed by atoms with van der Waals surface area (Å²) in [5, 5.41) is 2.62. The van der Waals surface area contributed by atoms with Crippen LogP contribution in [0.2, 0.25) is 0 Å². The Morgan fingerprint density at radius 1 is 0.469 bits per heavy atom. The number of hydrogen-bond donors (Lipinski definition) is 0. The molecule has 8 aromatic rings. The highest BCUT2D eigenvalue weighted by atomic mass is 14.9. The van der Waals surface area contributed by atoms with Gasteiger partial charge in [0.25, 0.3) is 0 Å². The van der Waals surface area contributed by atoms with Gasteiger partial charge in [-0.1, -0.05) is 141 Å². The summed E-state index contributed by atoms with van der Waals surface area (Å²) in [5.74, 6) is 0.685. The number of aromatic nitrogens is 3. The minimum absolute atomic E-state index is 0.0979. The van der Waals surface area contributed by atoms with E-state index in [9.17, 15) is 0 Å². The van der Waals surface area contributed by atoms with Crippen molar-refractivity contribution in [3.63, 3.8) is 0 Å². The first kappa shape index (κ1) is 29.0. The smallest absolute Gasteiger partial charge is 0.160 e. The zero-order valence-electron chi connectivity index (χ0n) is 27.4. The van der Waals surface area contributed by atoms with Gasteiger partial charge < -0.3 is 0 Å². The normalized spacial score (nSPS) is 12.9. The highest BCUT2D eigenvalue weighted by molar-refractivity contribution is 6.01. The minimum atomic E-state index is -0.0979. The fourth-order valence-electron chi connectivity index (χ4n) is 7.57. The monoisotopic (exact) mass is 627 g/mol. The quantitative estimate of drug-likeness (QED) is 0.191. The highest BCUT2D eigenvalue weighted by Gasteiger charge is 2.38. The summed E-state index contributed by atoms with van der Waals surface area (Å²) in [4.78, 5) is 14.6. The molecule has 0 amide bonds. The Balaban J connectivity index is 1.15. The predicted octanol–water partition coefficient (Wildman–Crippen LogP) is 11.7. The van der Waals surface area contributed by atoms with E-state index in [-0.39, 0.29) is 5.41 Å². The Hall–Kier alpha value is -6.19. The van der Waals surface area contributed by atoms with E-state index in [1.54, 1.807) is 6.20 Å². The molecular formula is C46H33N3. The van der Waals surface area contributed by atoms with Crippen LogP contribution in [0.1, 0.15) is 25.0 Å². The molecule has 0 unspecified atom stereocenters. The van der Waals surface area contributed by atoms with Crippen molar-refractivity contribution >= 4 is 10.8 Å². The van der Waals surface area contributed by atoms with Crippen LogP contribution in [0, 0.1) is 0 Å². The first-order valence-corrected chi connectivity index (χ1v) is 16.8. The predicted molar refractivity (Wildman–Crippen MR) is 202 cm³/mol. The minimum Gasteiger partial charge on any atom is -0.264 e. The van der Waals surface area contributed by atoms with E-state index in [0.29, 0.717) is 5.82 Å². The van der Waals surface area contributed by atoms with Crippen molar-refractivity contribution in [1.29, 1.82) is 0 Å². The molecule has 0 spiro atoms. The lowest BCUT2D eigenvalue weighted by Crippen LogP contribution is -2.15. The molecule has 0 fully saturated rings. The maximum Gasteiger partial charge on any atom is 0.160 e. The van der Waals surface area contributed by atoms with Crippen LogP contribution in [-0.2, 0) is 5.41 Å². The van der Waals surface area contributed by atoms with E-state index >= 15 is 0 Å². The van der Waals surface area contributed by atoms with Crippen molar-refractivity contribution in [2.75, 3.05) is 0 Å². The van der Waals surface area contributed by atoms with Crippen LogP contribution in [0.25, 0.3) is 78.1 Å². The third-order valence-corrected chi connectivity index (χ3v) is 9.96. The summed E-state index contributed by atoms with van der Waals surface area (Å²) in [6.07, 6.45) is 3.65. The van der Waals surface area contributed by atoms with E-state index in [1.807, 2.05) is 24.4 Å². The summed E-state index contributed by atoms with van der Waals surface area (Å²) < 4.78 is 0. The van der Waals surface area contributed by atoms with Crippen LogP contribution >= 0.6 is 0 Å². The lowest BCUT2D eigenvalue weighted by Gasteiger charge is -2.23. The third-order valence-electron chi connectivity index (χ3n) is 9.96. The van der Waals surface area contributed by atoms with Gasteiger partial charge in [0.1, 0.15) is 0 Å². The summed E-state index contributed by atoms with van der Waals surface area (Å²) >= 11 is 0. The summed E-state index contributed by atoms with van der Waals surface area (Å²) in [7, 11) is 0. The number of fused-ring (bicyclic) bond motifs is 5. The second-order valence-electron chi connectivity index (χ2n) is 13.3. The van der Waals surface area contributed by atoms with Gasteiger partial charge in [0, 0.05) is 34.5 Å². The maximum absolute atomic E-state index is 5.14. The number of benzene rings is 6. The molecule has 3 nitrogen and oxygen atoms in total. The highest BCUT2D eigenvalue weighted by Crippen LogP contribution is 2.54. The number of hydrogen-bond acceptors (Lipinski definition) is 3. The molecule has 0 atom stereocenters. The maximum atomic E-state index is 5.14. The average molecular weight is 628 g/mol. The van der Waals surface area contributed by atoms with Gasteiger partial charge in [-0.25, -0.2) is 9.97 Å². The van der Waals surface area contributed by atoms with E-state index in [0.717, 1.165) is 39.2 Å². The molecule has 0 saturated carbocycles. The SMILES string of the molecule is CC1(C)c2cccc(-c3ccc(-c4cc(-c5cccnc5)nc(-c5cccc(-c6ccccc6)c5)n4)cc3)c2-c2ccc3ccccc3c21. The van der Waals surface area contributed by atoms with Crippen molar-refractivity contribution in [1.82, 2.24) is 15.0 Å². The van der Waals surface area contributed by atoms with Crippen molar-refractivity contribution in [3.05, 3.63) is 175 Å². The largest absolute Gasteiger partial charge is 0.264 e. The Labute approximate surface area is 286 Å². The Kier molecular flexibility index (Phi) is 6.80. The lowest BCUT2D eigenvalue weighted by atomic mass is 9.80. The van der Waals surface area contributed by atoms with Crippen molar-refractivity contribution in [3.8, 4) is 67.3 Å². The van der Waals surface area contributed by atoms with Gasteiger partial charge in [-0.3, -0.25) is 4.98 Å². The van der Waals surface area contributed by atoms with Gasteiger partial charge >= 0.3 is 0 Å². The van der Waals surface area contributed by atoms with Crippen LogP contribution in [-0.4, -0.2) is 15.0 Å². The summed E-state index contributed by atoms with van der Waals surface area (Å²) in [6, 6.07) is 53.9. The molecule has 0 aliphatic heterocycles. The van der Waals surface area contributed by atoms with Gasteiger partial charge in [-0.05, 0) is 79.5 Å². The molecule has 0 N–H and O–H groups in total. The first-order valence-electron chi connectivity index (χ1n) is 16.8. The molecule has 9 rings (SSSR count). The van der Waals surface area contributed by atoms with Crippen molar-refractivity contribution in [2.45, 2.75) is 19.3 Å². The van der Waals surface area contributed by atoms with Crippen LogP contribution in [0.3, 0.4) is 0 Å². The number of nitrogens with zero attached hydrogens (tertiary/aromatic N) is 3. The van der Waals surface area contributed by atoms with E-state index in [1.165, 1.54) is 44.2 Å². The molecule has 0 bridgehead atoms. The molecular weight excluding hydrogens is 595 g/mol. The van der Waals surface area contributed by atoms with E-state index < -0.39 is 0 Å². The molecule has 232 valence electrons. The van der Waals surface area contributed by atoms with E-state index in [4.69, 9.17) is 9.97 Å². The zero-order valence-corrected chi connectivity index (χ0v) is 27.4. The van der Waals surface area contributed by atoms with Crippen LogP contribution in [0.15, 0.2) is 164 Å². The number of pyridine rings is 1. The summed E-state index contributed by atoms with van der Waals surface area (Å²) in [5.41, 5.74) is 14.8.